The molecule has 0 fully saturated rings. The van der Waals surface area contributed by atoms with E-state index in [1.165, 1.54) is 0 Å². The highest BCUT2D eigenvalue weighted by Gasteiger charge is 2.43. The van der Waals surface area contributed by atoms with Crippen LogP contribution in [0.3, 0.4) is 0 Å². The molecule has 4 rings (SSSR count). The monoisotopic (exact) mass is 535 g/mol. The third kappa shape index (κ3) is 5.46. The predicted molar refractivity (Wildman–Crippen MR) is 148 cm³/mol. The van der Waals surface area contributed by atoms with Gasteiger partial charge < -0.3 is 29.0 Å². The molecule has 8 nitrogen and oxygen atoms in total. The van der Waals surface area contributed by atoms with Crippen LogP contribution in [0.4, 0.5) is 0 Å². The molecule has 0 unspecified atom stereocenters. The number of hydrogen-bond acceptors (Lipinski definition) is 8. The minimum atomic E-state index is -0.665. The Labute approximate surface area is 229 Å². The Balaban J connectivity index is 1.83. The highest BCUT2D eigenvalue weighted by atomic mass is 16.5. The van der Waals surface area contributed by atoms with E-state index in [1.807, 2.05) is 45.0 Å². The van der Waals surface area contributed by atoms with E-state index in [0.29, 0.717) is 58.2 Å². The zero-order valence-electron chi connectivity index (χ0n) is 23.7. The normalized spacial score (nSPS) is 19.6. The second kappa shape index (κ2) is 11.8. The first-order valence-corrected chi connectivity index (χ1v) is 13.1. The van der Waals surface area contributed by atoms with Gasteiger partial charge in [-0.3, -0.25) is 4.79 Å². The minimum Gasteiger partial charge on any atom is -0.497 e. The molecule has 2 aliphatic rings. The van der Waals surface area contributed by atoms with E-state index in [0.717, 1.165) is 11.3 Å². The number of dihydropyridines is 1. The predicted octanol–water partition coefficient (Wildman–Crippen LogP) is 5.42. The molecule has 3 atom stereocenters. The van der Waals surface area contributed by atoms with Crippen LogP contribution in [0.25, 0.3) is 0 Å². The molecule has 0 saturated heterocycles. The highest BCUT2D eigenvalue weighted by molar-refractivity contribution is 6.04. The minimum absolute atomic E-state index is 0.0419. The molecule has 0 bridgehead atoms. The van der Waals surface area contributed by atoms with Crippen LogP contribution in [0.5, 0.6) is 23.0 Å². The van der Waals surface area contributed by atoms with Crippen LogP contribution in [0.15, 0.2) is 58.9 Å². The van der Waals surface area contributed by atoms with E-state index in [9.17, 15) is 9.59 Å². The number of ether oxygens (including phenoxy) is 5. The summed E-state index contributed by atoms with van der Waals surface area (Å²) in [4.78, 5) is 27.5. The molecule has 1 N–H and O–H groups in total. The Morgan fingerprint density at radius 1 is 0.949 bits per heavy atom. The molecule has 0 aromatic heterocycles. The molecule has 208 valence electrons. The molecule has 1 heterocycles. The van der Waals surface area contributed by atoms with Crippen LogP contribution >= 0.6 is 0 Å². The number of benzene rings is 2. The van der Waals surface area contributed by atoms with Crippen LogP contribution in [0.1, 0.15) is 63.0 Å². The zero-order chi connectivity index (χ0) is 28.3. The fourth-order valence-electron chi connectivity index (χ4n) is 5.36. The van der Waals surface area contributed by atoms with Crippen LogP contribution in [-0.4, -0.2) is 46.3 Å². The first kappa shape index (κ1) is 28.1. The Morgan fingerprint density at radius 2 is 1.64 bits per heavy atom. The van der Waals surface area contributed by atoms with Gasteiger partial charge in [-0.2, -0.15) is 0 Å². The first-order valence-electron chi connectivity index (χ1n) is 13.1. The van der Waals surface area contributed by atoms with Gasteiger partial charge in [-0.1, -0.05) is 13.0 Å². The summed E-state index contributed by atoms with van der Waals surface area (Å²) in [7, 11) is 6.34. The number of rotatable bonds is 9. The van der Waals surface area contributed by atoms with E-state index in [2.05, 4.69) is 5.32 Å². The number of allylic oxidation sites excluding steroid dienone is 3. The Bertz CT molecular complexity index is 1330. The summed E-state index contributed by atoms with van der Waals surface area (Å²) in [6.45, 7) is 5.66. The molecule has 2 aromatic rings. The fourth-order valence-corrected chi connectivity index (χ4v) is 5.36. The first-order chi connectivity index (χ1) is 18.8. The molecule has 8 heteroatoms. The molecule has 0 amide bonds. The Morgan fingerprint density at radius 3 is 2.28 bits per heavy atom. The van der Waals surface area contributed by atoms with Gasteiger partial charge in [-0.15, -0.1) is 0 Å². The van der Waals surface area contributed by atoms with Gasteiger partial charge in [0.15, 0.2) is 17.3 Å². The van der Waals surface area contributed by atoms with Crippen molar-refractivity contribution >= 4 is 11.8 Å². The van der Waals surface area contributed by atoms with Crippen LogP contribution in [0.2, 0.25) is 0 Å². The van der Waals surface area contributed by atoms with E-state index in [4.69, 9.17) is 23.7 Å². The molecule has 1 aliphatic heterocycles. The summed E-state index contributed by atoms with van der Waals surface area (Å²) in [6.07, 6.45) is 1.28. The van der Waals surface area contributed by atoms with Gasteiger partial charge in [0.25, 0.3) is 0 Å². The standard InChI is InChI=1S/C31H37NO7/c1-8-17(2)39-31(34)28-18(3)32-23-13-20(19-9-11-26(37-6)27(15-19)38-7)14-24(33)30(23)29(28)22-16-21(35-4)10-12-25(22)36-5/h9-12,15-17,20,29,32H,8,13-14H2,1-7H3/t17-,20-,29+/m1/s1. The number of carbonyl (C=O) groups is 2. The maximum atomic E-state index is 14.0. The third-order valence-corrected chi connectivity index (χ3v) is 7.56. The number of methoxy groups -OCH3 is 4. The smallest absolute Gasteiger partial charge is 0.337 e. The van der Waals surface area contributed by atoms with Gasteiger partial charge in [0.1, 0.15) is 11.5 Å². The SMILES string of the molecule is CC[C@@H](C)OC(=O)C1=C(C)NC2=C(C(=O)C[C@H](c3ccc(OC)c(OC)c3)C2)[C@H]1c1cc(OC)ccc1OC. The van der Waals surface area contributed by atoms with Crippen molar-refractivity contribution in [3.63, 3.8) is 0 Å². The summed E-state index contributed by atoms with van der Waals surface area (Å²) in [6, 6.07) is 11.2. The molecular formula is C31H37NO7. The second-order valence-corrected chi connectivity index (χ2v) is 9.86. The van der Waals surface area contributed by atoms with Gasteiger partial charge >= 0.3 is 5.97 Å². The molecule has 2 aromatic carbocycles. The van der Waals surface area contributed by atoms with Crippen molar-refractivity contribution < 1.29 is 33.3 Å². The van der Waals surface area contributed by atoms with Crippen molar-refractivity contribution in [2.75, 3.05) is 28.4 Å². The van der Waals surface area contributed by atoms with Gasteiger partial charge in [-0.25, -0.2) is 4.79 Å². The average molecular weight is 536 g/mol. The van der Waals surface area contributed by atoms with Gasteiger partial charge in [-0.05, 0) is 68.5 Å². The Kier molecular flexibility index (Phi) is 8.53. The number of esters is 1. The summed E-state index contributed by atoms with van der Waals surface area (Å²) < 4.78 is 27.9. The number of ketones is 1. The van der Waals surface area contributed by atoms with Crippen LogP contribution in [-0.2, 0) is 14.3 Å². The van der Waals surface area contributed by atoms with Gasteiger partial charge in [0, 0.05) is 29.0 Å². The van der Waals surface area contributed by atoms with Crippen LogP contribution in [0, 0.1) is 0 Å². The lowest BCUT2D eigenvalue weighted by Gasteiger charge is -2.37. The number of Topliss-reactive ketones (excluding diaryl/α,β-unsaturated/α-hetero) is 1. The lowest BCUT2D eigenvalue weighted by Crippen LogP contribution is -2.36. The van der Waals surface area contributed by atoms with Crippen molar-refractivity contribution in [3.05, 3.63) is 70.1 Å². The Hall–Kier alpha value is -3.94. The molecule has 0 radical (unpaired) electrons. The summed E-state index contributed by atoms with van der Waals surface area (Å²) in [5.41, 5.74) is 4.06. The molecule has 1 aliphatic carbocycles. The molecule has 0 saturated carbocycles. The third-order valence-electron chi connectivity index (χ3n) is 7.56. The molecular weight excluding hydrogens is 498 g/mol. The summed E-state index contributed by atoms with van der Waals surface area (Å²) in [5, 5.41) is 3.40. The summed E-state index contributed by atoms with van der Waals surface area (Å²) in [5.74, 6) is 1.18. The van der Waals surface area contributed by atoms with Crippen LogP contribution < -0.4 is 24.3 Å². The van der Waals surface area contributed by atoms with Crippen molar-refractivity contribution in [3.8, 4) is 23.0 Å². The van der Waals surface area contributed by atoms with Crippen molar-refractivity contribution in [2.24, 2.45) is 0 Å². The van der Waals surface area contributed by atoms with Crippen molar-refractivity contribution in [2.45, 2.75) is 58.0 Å². The van der Waals surface area contributed by atoms with Crippen molar-refractivity contribution in [1.29, 1.82) is 0 Å². The fraction of sp³-hybridized carbons (Fsp3) is 0.419. The van der Waals surface area contributed by atoms with Crippen molar-refractivity contribution in [1.82, 2.24) is 5.32 Å². The summed E-state index contributed by atoms with van der Waals surface area (Å²) >= 11 is 0. The topological polar surface area (TPSA) is 92.3 Å². The van der Waals surface area contributed by atoms with E-state index in [1.54, 1.807) is 40.6 Å². The number of nitrogens with one attached hydrogen (secondary N) is 1. The average Bonchev–Trinajstić information content (AvgIpc) is 2.95. The molecule has 0 spiro atoms. The lowest BCUT2D eigenvalue weighted by molar-refractivity contribution is -0.144. The van der Waals surface area contributed by atoms with E-state index in [-0.39, 0.29) is 24.2 Å². The maximum absolute atomic E-state index is 14.0. The van der Waals surface area contributed by atoms with E-state index >= 15 is 0 Å². The van der Waals surface area contributed by atoms with Gasteiger partial charge in [0.2, 0.25) is 0 Å². The molecule has 39 heavy (non-hydrogen) atoms. The quantitative estimate of drug-likeness (QED) is 0.426. The highest BCUT2D eigenvalue weighted by Crippen LogP contribution is 2.49. The second-order valence-electron chi connectivity index (χ2n) is 9.86. The lowest BCUT2D eigenvalue weighted by atomic mass is 9.71. The van der Waals surface area contributed by atoms with E-state index < -0.39 is 11.9 Å². The van der Waals surface area contributed by atoms with Gasteiger partial charge in [0.05, 0.1) is 46.0 Å². The number of hydrogen-bond donors (Lipinski definition) is 1. The largest absolute Gasteiger partial charge is 0.497 e. The number of carbonyl (C=O) groups excluding carboxylic acids is 2. The maximum Gasteiger partial charge on any atom is 0.337 e. The zero-order valence-corrected chi connectivity index (χ0v) is 23.7.